The van der Waals surface area contributed by atoms with E-state index in [1.54, 1.807) is 62.4 Å². The van der Waals surface area contributed by atoms with Crippen LogP contribution in [-0.2, 0) is 14.3 Å². The zero-order valence-corrected chi connectivity index (χ0v) is 19.5. The van der Waals surface area contributed by atoms with Gasteiger partial charge in [-0.25, -0.2) is 4.79 Å². The first-order chi connectivity index (χ1) is 16.3. The maximum absolute atomic E-state index is 12.5. The summed E-state index contributed by atoms with van der Waals surface area (Å²) < 4.78 is 10.9. The van der Waals surface area contributed by atoms with E-state index in [1.807, 2.05) is 30.3 Å². The van der Waals surface area contributed by atoms with Gasteiger partial charge >= 0.3 is 5.97 Å². The quantitative estimate of drug-likeness (QED) is 0.417. The molecule has 0 aromatic heterocycles. The Balaban J connectivity index is 1.51. The zero-order valence-electron chi connectivity index (χ0n) is 18.8. The number of esters is 1. The molecule has 1 atom stereocenters. The number of carbonyl (C=O) groups is 3. The lowest BCUT2D eigenvalue weighted by Gasteiger charge is -2.21. The molecule has 7 nitrogen and oxygen atoms in total. The van der Waals surface area contributed by atoms with Crippen molar-refractivity contribution >= 4 is 35.1 Å². The molecule has 2 N–H and O–H groups in total. The highest BCUT2D eigenvalue weighted by Crippen LogP contribution is 2.22. The average molecular weight is 481 g/mol. The fourth-order valence-electron chi connectivity index (χ4n) is 3.02. The number of benzene rings is 3. The van der Waals surface area contributed by atoms with Gasteiger partial charge in [0.1, 0.15) is 17.5 Å². The number of hydrogen-bond acceptors (Lipinski definition) is 5. The van der Waals surface area contributed by atoms with Crippen LogP contribution in [0, 0.1) is 5.92 Å². The molecule has 0 unspecified atom stereocenters. The molecule has 0 heterocycles. The number of halogens is 1. The Hall–Kier alpha value is -3.84. The maximum Gasteiger partial charge on any atom is 0.329 e. The summed E-state index contributed by atoms with van der Waals surface area (Å²) in [6, 6.07) is 21.7. The van der Waals surface area contributed by atoms with Crippen molar-refractivity contribution in [2.45, 2.75) is 19.9 Å². The van der Waals surface area contributed by atoms with Crippen molar-refractivity contribution in [1.29, 1.82) is 0 Å². The molecule has 0 radical (unpaired) electrons. The van der Waals surface area contributed by atoms with E-state index in [0.717, 1.165) is 0 Å². The summed E-state index contributed by atoms with van der Waals surface area (Å²) in [5.74, 6) is -0.665. The van der Waals surface area contributed by atoms with Crippen LogP contribution >= 0.6 is 11.6 Å². The second-order valence-corrected chi connectivity index (χ2v) is 8.18. The molecule has 0 fully saturated rings. The third kappa shape index (κ3) is 7.08. The molecular weight excluding hydrogens is 456 g/mol. The van der Waals surface area contributed by atoms with Crippen LogP contribution in [0.3, 0.4) is 0 Å². The van der Waals surface area contributed by atoms with Crippen molar-refractivity contribution in [3.8, 4) is 11.5 Å². The molecule has 176 valence electrons. The van der Waals surface area contributed by atoms with E-state index in [-0.39, 0.29) is 16.5 Å². The van der Waals surface area contributed by atoms with E-state index in [4.69, 9.17) is 21.1 Å². The van der Waals surface area contributed by atoms with Gasteiger partial charge < -0.3 is 20.1 Å². The van der Waals surface area contributed by atoms with Crippen LogP contribution in [0.25, 0.3) is 0 Å². The minimum absolute atomic E-state index is 0.250. The van der Waals surface area contributed by atoms with Crippen LogP contribution in [0.5, 0.6) is 11.5 Å². The fourth-order valence-corrected chi connectivity index (χ4v) is 3.24. The molecule has 0 saturated carbocycles. The lowest BCUT2D eigenvalue weighted by Crippen LogP contribution is -2.46. The Kier molecular flexibility index (Phi) is 8.65. The third-order valence-corrected chi connectivity index (χ3v) is 5.12. The SMILES string of the molecule is CC(C)[C@@H](NC(=O)c1ccccc1Cl)C(=O)OCC(=O)Nc1ccc(Oc2ccccc2)cc1. The highest BCUT2D eigenvalue weighted by atomic mass is 35.5. The largest absolute Gasteiger partial charge is 0.457 e. The van der Waals surface area contributed by atoms with Crippen LogP contribution in [-0.4, -0.2) is 30.4 Å². The number of amides is 2. The summed E-state index contributed by atoms with van der Waals surface area (Å²) in [7, 11) is 0. The standard InChI is InChI=1S/C26H25ClN2O5/c1-17(2)24(29-25(31)21-10-6-7-11-22(21)27)26(32)33-16-23(30)28-18-12-14-20(15-13-18)34-19-8-4-3-5-9-19/h3-15,17,24H,16H2,1-2H3,(H,28,30)(H,29,31)/t24-/m1/s1. The first-order valence-corrected chi connectivity index (χ1v) is 11.1. The van der Waals surface area contributed by atoms with Crippen LogP contribution in [0.4, 0.5) is 5.69 Å². The smallest absolute Gasteiger partial charge is 0.329 e. The Morgan fingerprint density at radius 3 is 2.12 bits per heavy atom. The van der Waals surface area contributed by atoms with Crippen LogP contribution < -0.4 is 15.4 Å². The Morgan fingerprint density at radius 1 is 0.853 bits per heavy atom. The molecule has 0 saturated heterocycles. The minimum Gasteiger partial charge on any atom is -0.457 e. The van der Waals surface area contributed by atoms with Crippen LogP contribution in [0.1, 0.15) is 24.2 Å². The van der Waals surface area contributed by atoms with Gasteiger partial charge in [0.05, 0.1) is 10.6 Å². The molecule has 0 aliphatic heterocycles. The molecule has 3 aromatic carbocycles. The van der Waals surface area contributed by atoms with E-state index in [2.05, 4.69) is 10.6 Å². The van der Waals surface area contributed by atoms with Gasteiger partial charge in [0.2, 0.25) is 0 Å². The van der Waals surface area contributed by atoms with Gasteiger partial charge in [0.25, 0.3) is 11.8 Å². The maximum atomic E-state index is 12.5. The van der Waals surface area contributed by atoms with Gasteiger partial charge in [0, 0.05) is 5.69 Å². The Labute approximate surface area is 203 Å². The summed E-state index contributed by atoms with van der Waals surface area (Å²) in [4.78, 5) is 37.3. The normalized spacial score (nSPS) is 11.4. The molecular formula is C26H25ClN2O5. The van der Waals surface area contributed by atoms with Crippen molar-refractivity contribution in [1.82, 2.24) is 5.32 Å². The second-order valence-electron chi connectivity index (χ2n) is 7.77. The monoisotopic (exact) mass is 480 g/mol. The molecule has 8 heteroatoms. The van der Waals surface area contributed by atoms with E-state index in [1.165, 1.54) is 0 Å². The fraction of sp³-hybridized carbons (Fsp3) is 0.192. The van der Waals surface area contributed by atoms with Crippen molar-refractivity contribution < 1.29 is 23.9 Å². The number of para-hydroxylation sites is 1. The molecule has 0 spiro atoms. The van der Waals surface area contributed by atoms with Crippen molar-refractivity contribution in [3.63, 3.8) is 0 Å². The number of anilines is 1. The lowest BCUT2D eigenvalue weighted by atomic mass is 10.0. The van der Waals surface area contributed by atoms with Gasteiger partial charge in [-0.05, 0) is 54.4 Å². The molecule has 0 aliphatic rings. The van der Waals surface area contributed by atoms with Crippen molar-refractivity contribution in [2.75, 3.05) is 11.9 Å². The summed E-state index contributed by atoms with van der Waals surface area (Å²) >= 11 is 6.05. The summed E-state index contributed by atoms with van der Waals surface area (Å²) in [5, 5.41) is 5.56. The predicted molar refractivity (Wildman–Crippen MR) is 130 cm³/mol. The number of ether oxygens (including phenoxy) is 2. The van der Waals surface area contributed by atoms with Gasteiger partial charge in [-0.15, -0.1) is 0 Å². The molecule has 0 aliphatic carbocycles. The van der Waals surface area contributed by atoms with E-state index in [0.29, 0.717) is 17.2 Å². The lowest BCUT2D eigenvalue weighted by molar-refractivity contribution is -0.150. The highest BCUT2D eigenvalue weighted by Gasteiger charge is 2.27. The summed E-state index contributed by atoms with van der Waals surface area (Å²) in [6.07, 6.45) is 0. The van der Waals surface area contributed by atoms with Crippen molar-refractivity contribution in [2.24, 2.45) is 5.92 Å². The molecule has 2 amide bonds. The third-order valence-electron chi connectivity index (χ3n) is 4.79. The molecule has 0 bridgehead atoms. The summed E-state index contributed by atoms with van der Waals surface area (Å²) in [5.41, 5.74) is 0.772. The van der Waals surface area contributed by atoms with E-state index >= 15 is 0 Å². The predicted octanol–water partition coefficient (Wildman–Crippen LogP) is 5.07. The van der Waals surface area contributed by atoms with Gasteiger partial charge in [-0.1, -0.05) is 55.8 Å². The Morgan fingerprint density at radius 2 is 1.47 bits per heavy atom. The molecule has 3 rings (SSSR count). The van der Waals surface area contributed by atoms with Crippen LogP contribution in [0.2, 0.25) is 5.02 Å². The first kappa shape index (κ1) is 24.8. The number of nitrogens with one attached hydrogen (secondary N) is 2. The van der Waals surface area contributed by atoms with Crippen molar-refractivity contribution in [3.05, 3.63) is 89.4 Å². The minimum atomic E-state index is -0.939. The van der Waals surface area contributed by atoms with Gasteiger partial charge in [-0.2, -0.15) is 0 Å². The summed E-state index contributed by atoms with van der Waals surface area (Å²) in [6.45, 7) is 3.03. The van der Waals surface area contributed by atoms with Gasteiger partial charge in [0.15, 0.2) is 6.61 Å². The topological polar surface area (TPSA) is 93.7 Å². The Bertz CT molecular complexity index is 1130. The average Bonchev–Trinajstić information content (AvgIpc) is 2.83. The van der Waals surface area contributed by atoms with Gasteiger partial charge in [-0.3, -0.25) is 9.59 Å². The zero-order chi connectivity index (χ0) is 24.5. The molecule has 34 heavy (non-hydrogen) atoms. The number of rotatable bonds is 9. The number of carbonyl (C=O) groups excluding carboxylic acids is 3. The molecule has 3 aromatic rings. The van der Waals surface area contributed by atoms with Crippen LogP contribution in [0.15, 0.2) is 78.9 Å². The van der Waals surface area contributed by atoms with E-state index in [9.17, 15) is 14.4 Å². The second kappa shape index (κ2) is 11.9. The number of hydrogen-bond donors (Lipinski definition) is 2. The first-order valence-electron chi connectivity index (χ1n) is 10.7. The van der Waals surface area contributed by atoms with E-state index < -0.39 is 30.4 Å². The highest BCUT2D eigenvalue weighted by molar-refractivity contribution is 6.33.